The van der Waals surface area contributed by atoms with E-state index >= 15 is 0 Å². The van der Waals surface area contributed by atoms with E-state index in [0.717, 1.165) is 50.3 Å². The van der Waals surface area contributed by atoms with Crippen LogP contribution in [-0.4, -0.2) is 64.2 Å². The normalized spacial score (nSPS) is 14.3. The smallest absolute Gasteiger partial charge is 0.253 e. The lowest BCUT2D eigenvalue weighted by Crippen LogP contribution is -2.45. The first-order valence-electron chi connectivity index (χ1n) is 11.3. The molecule has 33 heavy (non-hydrogen) atoms. The molecule has 1 aromatic heterocycles. The van der Waals surface area contributed by atoms with Crippen LogP contribution < -0.4 is 10.2 Å². The van der Waals surface area contributed by atoms with E-state index < -0.39 is 0 Å². The van der Waals surface area contributed by atoms with E-state index in [1.807, 2.05) is 41.3 Å². The van der Waals surface area contributed by atoms with Gasteiger partial charge >= 0.3 is 0 Å². The quantitative estimate of drug-likeness (QED) is 0.603. The van der Waals surface area contributed by atoms with Gasteiger partial charge < -0.3 is 15.1 Å². The molecule has 2 heterocycles. The van der Waals surface area contributed by atoms with E-state index in [9.17, 15) is 9.59 Å². The third-order valence-electron chi connectivity index (χ3n) is 6.20. The van der Waals surface area contributed by atoms with E-state index in [1.54, 1.807) is 29.9 Å². The van der Waals surface area contributed by atoms with Crippen LogP contribution in [0.15, 0.2) is 61.2 Å². The van der Waals surface area contributed by atoms with Crippen LogP contribution in [0, 0.1) is 0 Å². The molecule has 1 aliphatic heterocycles. The fraction of sp³-hybridized carbons (Fsp3) is 0.360. The van der Waals surface area contributed by atoms with Gasteiger partial charge in [0.25, 0.3) is 5.91 Å². The number of amides is 2. The summed E-state index contributed by atoms with van der Waals surface area (Å²) in [4.78, 5) is 32.0. The van der Waals surface area contributed by atoms with Gasteiger partial charge in [-0.25, -0.2) is 9.67 Å². The summed E-state index contributed by atoms with van der Waals surface area (Å²) in [5, 5.41) is 7.74. The second-order valence-corrected chi connectivity index (χ2v) is 8.41. The predicted molar refractivity (Wildman–Crippen MR) is 128 cm³/mol. The Morgan fingerprint density at radius 2 is 1.88 bits per heavy atom. The molecule has 3 aromatic rings. The van der Waals surface area contributed by atoms with Gasteiger partial charge in [-0.15, -0.1) is 0 Å². The standard InChI is InChI=1S/C25H30N6O2/c1-19(32)29(2)24-5-3-4-20(16-24)10-13-27-22-11-14-30(15-12-22)25(33)21-6-8-23(9-7-21)31-18-26-17-28-31/h3-9,16-18,22,27H,10-15H2,1-2H3. The van der Waals surface area contributed by atoms with Gasteiger partial charge in [-0.3, -0.25) is 9.59 Å². The van der Waals surface area contributed by atoms with Gasteiger partial charge in [-0.1, -0.05) is 12.1 Å². The molecule has 1 N–H and O–H groups in total. The first-order chi connectivity index (χ1) is 16.0. The van der Waals surface area contributed by atoms with Gasteiger partial charge in [0.2, 0.25) is 5.91 Å². The minimum Gasteiger partial charge on any atom is -0.339 e. The van der Waals surface area contributed by atoms with Crippen LogP contribution in [0.1, 0.15) is 35.7 Å². The summed E-state index contributed by atoms with van der Waals surface area (Å²) in [5.41, 5.74) is 3.70. The second-order valence-electron chi connectivity index (χ2n) is 8.41. The first kappa shape index (κ1) is 22.7. The molecule has 0 unspecified atom stereocenters. The zero-order valence-corrected chi connectivity index (χ0v) is 19.1. The number of carbonyl (C=O) groups is 2. The molecule has 1 saturated heterocycles. The third kappa shape index (κ3) is 5.64. The van der Waals surface area contributed by atoms with E-state index in [1.165, 1.54) is 11.9 Å². The Bertz CT molecular complexity index is 1070. The fourth-order valence-electron chi connectivity index (χ4n) is 4.09. The highest BCUT2D eigenvalue weighted by Crippen LogP contribution is 2.17. The topological polar surface area (TPSA) is 83.4 Å². The van der Waals surface area contributed by atoms with Crippen molar-refractivity contribution < 1.29 is 9.59 Å². The van der Waals surface area contributed by atoms with Crippen molar-refractivity contribution in [3.05, 3.63) is 72.3 Å². The highest BCUT2D eigenvalue weighted by Gasteiger charge is 2.23. The fourth-order valence-corrected chi connectivity index (χ4v) is 4.09. The summed E-state index contributed by atoms with van der Waals surface area (Å²) in [6, 6.07) is 16.0. The lowest BCUT2D eigenvalue weighted by molar-refractivity contribution is -0.116. The molecule has 4 rings (SSSR count). The summed E-state index contributed by atoms with van der Waals surface area (Å²) < 4.78 is 1.67. The molecule has 1 fully saturated rings. The maximum atomic E-state index is 12.9. The van der Waals surface area contributed by atoms with Crippen LogP contribution in [-0.2, 0) is 11.2 Å². The number of anilines is 1. The number of likely N-dealkylation sites (tertiary alicyclic amines) is 1. The van der Waals surface area contributed by atoms with Crippen molar-refractivity contribution >= 4 is 17.5 Å². The van der Waals surface area contributed by atoms with Crippen LogP contribution in [0.25, 0.3) is 5.69 Å². The van der Waals surface area contributed by atoms with Gasteiger partial charge in [0.15, 0.2) is 0 Å². The van der Waals surface area contributed by atoms with Crippen molar-refractivity contribution in [1.82, 2.24) is 25.0 Å². The number of rotatable bonds is 7. The van der Waals surface area contributed by atoms with Gasteiger partial charge in [-0.2, -0.15) is 5.10 Å². The molecule has 2 amide bonds. The molecule has 0 aliphatic carbocycles. The van der Waals surface area contributed by atoms with Crippen LogP contribution in [0.2, 0.25) is 0 Å². The molecule has 0 spiro atoms. The van der Waals surface area contributed by atoms with Crippen molar-refractivity contribution in [2.24, 2.45) is 0 Å². The average Bonchev–Trinajstić information content (AvgIpc) is 3.39. The number of benzene rings is 2. The molecule has 0 saturated carbocycles. The highest BCUT2D eigenvalue weighted by molar-refractivity contribution is 5.94. The van der Waals surface area contributed by atoms with Crippen LogP contribution in [0.5, 0.6) is 0 Å². The number of hydrogen-bond donors (Lipinski definition) is 1. The summed E-state index contributed by atoms with van der Waals surface area (Å²) in [6.07, 6.45) is 5.90. The van der Waals surface area contributed by atoms with Gasteiger partial charge in [0.05, 0.1) is 5.69 Å². The maximum absolute atomic E-state index is 12.9. The van der Waals surface area contributed by atoms with E-state index in [4.69, 9.17) is 0 Å². The van der Waals surface area contributed by atoms with E-state index in [0.29, 0.717) is 11.6 Å². The number of nitrogens with one attached hydrogen (secondary N) is 1. The third-order valence-corrected chi connectivity index (χ3v) is 6.20. The Labute approximate surface area is 194 Å². The number of hydrogen-bond acceptors (Lipinski definition) is 5. The minimum absolute atomic E-state index is 0.0257. The van der Waals surface area contributed by atoms with Crippen molar-refractivity contribution in [1.29, 1.82) is 0 Å². The maximum Gasteiger partial charge on any atom is 0.253 e. The summed E-state index contributed by atoms with van der Waals surface area (Å²) in [6.45, 7) is 3.94. The molecular weight excluding hydrogens is 416 g/mol. The van der Waals surface area contributed by atoms with Crippen molar-refractivity contribution in [3.63, 3.8) is 0 Å². The van der Waals surface area contributed by atoms with Gasteiger partial charge in [0, 0.05) is 44.4 Å². The van der Waals surface area contributed by atoms with Crippen LogP contribution in [0.4, 0.5) is 5.69 Å². The lowest BCUT2D eigenvalue weighted by Gasteiger charge is -2.32. The Morgan fingerprint density at radius 1 is 1.12 bits per heavy atom. The Balaban J connectivity index is 1.23. The summed E-state index contributed by atoms with van der Waals surface area (Å²) >= 11 is 0. The van der Waals surface area contributed by atoms with Crippen molar-refractivity contribution in [2.45, 2.75) is 32.2 Å². The molecule has 0 bridgehead atoms. The monoisotopic (exact) mass is 446 g/mol. The average molecular weight is 447 g/mol. The number of carbonyl (C=O) groups excluding carboxylic acids is 2. The van der Waals surface area contributed by atoms with Crippen LogP contribution in [0.3, 0.4) is 0 Å². The molecule has 1 aliphatic rings. The number of aromatic nitrogens is 3. The molecule has 172 valence electrons. The summed E-state index contributed by atoms with van der Waals surface area (Å²) in [7, 11) is 1.79. The van der Waals surface area contributed by atoms with Crippen molar-refractivity contribution in [3.8, 4) is 5.69 Å². The minimum atomic E-state index is 0.0257. The Hall–Kier alpha value is -3.52. The molecule has 2 aromatic carbocycles. The van der Waals surface area contributed by atoms with Gasteiger partial charge in [-0.05, 0) is 67.8 Å². The SMILES string of the molecule is CC(=O)N(C)c1cccc(CCNC2CCN(C(=O)c3ccc(-n4cncn4)cc3)CC2)c1. The van der Waals surface area contributed by atoms with Crippen molar-refractivity contribution in [2.75, 3.05) is 31.6 Å². The molecule has 8 nitrogen and oxygen atoms in total. The highest BCUT2D eigenvalue weighted by atomic mass is 16.2. The van der Waals surface area contributed by atoms with Crippen LogP contribution >= 0.6 is 0 Å². The molecule has 0 radical (unpaired) electrons. The lowest BCUT2D eigenvalue weighted by atomic mass is 10.0. The molecular formula is C25H30N6O2. The first-order valence-corrected chi connectivity index (χ1v) is 11.3. The summed E-state index contributed by atoms with van der Waals surface area (Å²) in [5.74, 6) is 0.0997. The number of nitrogens with zero attached hydrogens (tertiary/aromatic N) is 5. The van der Waals surface area contributed by atoms with E-state index in [2.05, 4.69) is 27.5 Å². The predicted octanol–water partition coefficient (Wildman–Crippen LogP) is 2.69. The second kappa shape index (κ2) is 10.4. The zero-order valence-electron chi connectivity index (χ0n) is 19.1. The zero-order chi connectivity index (χ0) is 23.2. The van der Waals surface area contributed by atoms with Gasteiger partial charge in [0.1, 0.15) is 12.7 Å². The van der Waals surface area contributed by atoms with E-state index in [-0.39, 0.29) is 11.8 Å². The molecule has 8 heteroatoms. The number of piperidine rings is 1. The molecule has 0 atom stereocenters. The largest absolute Gasteiger partial charge is 0.339 e. The Morgan fingerprint density at radius 3 is 2.55 bits per heavy atom. The Kier molecular flexibility index (Phi) is 7.14.